The lowest BCUT2D eigenvalue weighted by atomic mass is 9.85. The molecule has 2 aromatic heterocycles. The van der Waals surface area contributed by atoms with Gasteiger partial charge in [-0.15, -0.1) is 9.13 Å². The third kappa shape index (κ3) is 5.05. The second-order valence-electron chi connectivity index (χ2n) is 18.3. The van der Waals surface area contributed by atoms with E-state index in [0.717, 1.165) is 72.9 Å². The Morgan fingerprint density at radius 2 is 1.31 bits per heavy atom. The van der Waals surface area contributed by atoms with E-state index in [1.165, 1.54) is 38.9 Å². The van der Waals surface area contributed by atoms with Gasteiger partial charge < -0.3 is 4.74 Å². The van der Waals surface area contributed by atoms with Crippen molar-refractivity contribution < 1.29 is 15.2 Å². The maximum atomic E-state index is 8.64. The minimum absolute atomic E-state index is 0.0538. The van der Waals surface area contributed by atoms with E-state index < -0.39 is 11.7 Å². The second-order valence-corrected chi connectivity index (χ2v) is 18.3. The number of hydrogen-bond acceptors (Lipinski definition) is 1. The molecular weight excluding hydrogens is 743 g/mol. The predicted molar refractivity (Wildman–Crippen MR) is 247 cm³/mol. The van der Waals surface area contributed by atoms with Crippen LogP contribution in [0.4, 0.5) is 0 Å². The third-order valence-electron chi connectivity index (χ3n) is 13.3. The van der Waals surface area contributed by atoms with Crippen molar-refractivity contribution in [3.63, 3.8) is 0 Å². The van der Waals surface area contributed by atoms with E-state index in [2.05, 4.69) is 211 Å². The number of pyridine rings is 1. The quantitative estimate of drug-likeness (QED) is 0.159. The number of benzene rings is 7. The molecule has 0 N–H and O–H groups in total. The minimum atomic E-state index is -1.06. The monoisotopic (exact) mass is 790 g/mol. The highest BCUT2D eigenvalue weighted by Gasteiger charge is 2.68. The van der Waals surface area contributed by atoms with E-state index in [4.69, 9.17) is 6.11 Å². The Bertz CT molecular complexity index is 3330. The Morgan fingerprint density at radius 1 is 0.607 bits per heavy atom. The number of fused-ring (bicyclic) bond motifs is 5. The van der Waals surface area contributed by atoms with E-state index in [0.29, 0.717) is 0 Å². The SMILES string of the molecule is [2H]C(C)(C)c1ccc(-c2cc[n+]3c(c2)-c2cc(-c4ccccc4)cc4c2C32Oc3ccccc3-c3n(-c5ccc(C)cc5-c5ccc(C(C)(C)C)cc5)c5cccc-4c5[n+]32)cc1. The van der Waals surface area contributed by atoms with Gasteiger partial charge in [0.1, 0.15) is 22.6 Å². The minimum Gasteiger partial charge on any atom is -0.392 e. The standard InChI is InChI=1S/C57H47N3O/c1-35(2)37-20-22-39(23-21-37)41-29-30-58-51(34-41)48-33-42(38-13-8-7-9-14-38)32-47-44-16-12-17-50-54(44)60-55(45-15-10-11-18-52(45)61-57(58,60)53(47)48)59(50)49-28-19-36(3)31-46(49)40-24-26-43(27-25-40)56(4,5)6/h7-35H,1-6H3/q+2/i35D. The van der Waals surface area contributed by atoms with Gasteiger partial charge in [0.25, 0.3) is 0 Å². The number of para-hydroxylation sites is 2. The molecule has 1 spiro atoms. The van der Waals surface area contributed by atoms with Crippen LogP contribution in [-0.4, -0.2) is 4.57 Å². The number of ether oxygens (including phenoxy) is 1. The van der Waals surface area contributed by atoms with Crippen molar-refractivity contribution in [2.75, 3.05) is 0 Å². The van der Waals surface area contributed by atoms with Crippen molar-refractivity contribution >= 4 is 11.0 Å². The van der Waals surface area contributed by atoms with Crippen molar-refractivity contribution in [1.82, 2.24) is 4.57 Å². The van der Waals surface area contributed by atoms with Crippen LogP contribution in [0, 0.1) is 6.92 Å². The van der Waals surface area contributed by atoms with Crippen molar-refractivity contribution in [2.24, 2.45) is 0 Å². The Hall–Kier alpha value is -7.04. The summed E-state index contributed by atoms with van der Waals surface area (Å²) in [6.45, 7) is 12.9. The first-order valence-electron chi connectivity index (χ1n) is 21.9. The summed E-state index contributed by atoms with van der Waals surface area (Å²) in [5, 5.41) is 0. The molecule has 1 atom stereocenters. The highest BCUT2D eigenvalue weighted by Crippen LogP contribution is 2.54. The first-order valence-corrected chi connectivity index (χ1v) is 21.4. The van der Waals surface area contributed by atoms with E-state index in [9.17, 15) is 0 Å². The number of hydrogen-bond donors (Lipinski definition) is 0. The van der Waals surface area contributed by atoms with Gasteiger partial charge in [-0.25, -0.2) is 0 Å². The van der Waals surface area contributed by atoms with Gasteiger partial charge in [0, 0.05) is 30.2 Å². The number of rotatable bonds is 5. The van der Waals surface area contributed by atoms with Crippen LogP contribution < -0.4 is 13.9 Å². The summed E-state index contributed by atoms with van der Waals surface area (Å²) in [5.41, 5.74) is 20.6. The molecule has 0 aliphatic carbocycles. The lowest BCUT2D eigenvalue weighted by molar-refractivity contribution is -0.997. The molecule has 61 heavy (non-hydrogen) atoms. The largest absolute Gasteiger partial charge is 0.499 e. The van der Waals surface area contributed by atoms with Gasteiger partial charge in [0.05, 0.1) is 5.56 Å². The van der Waals surface area contributed by atoms with Crippen molar-refractivity contribution in [3.8, 4) is 78.6 Å². The Morgan fingerprint density at radius 3 is 2.08 bits per heavy atom. The summed E-state index contributed by atoms with van der Waals surface area (Å²) in [7, 11) is 0. The first kappa shape index (κ1) is 34.8. The fourth-order valence-electron chi connectivity index (χ4n) is 10.2. The number of imidazole rings is 1. The van der Waals surface area contributed by atoms with E-state index in [-0.39, 0.29) is 5.41 Å². The third-order valence-corrected chi connectivity index (χ3v) is 13.3. The van der Waals surface area contributed by atoms with Crippen LogP contribution >= 0.6 is 0 Å². The Labute approximate surface area is 359 Å². The summed E-state index contributed by atoms with van der Waals surface area (Å²) in [6, 6.07) is 60.0. The Balaban J connectivity index is 1.19. The predicted octanol–water partition coefficient (Wildman–Crippen LogP) is 13.2. The van der Waals surface area contributed by atoms with E-state index >= 15 is 0 Å². The molecule has 0 saturated heterocycles. The van der Waals surface area contributed by atoms with Gasteiger partial charge in [0.15, 0.2) is 17.2 Å². The van der Waals surface area contributed by atoms with Crippen molar-refractivity contribution in [1.29, 1.82) is 0 Å². The van der Waals surface area contributed by atoms with Crippen LogP contribution in [0.5, 0.6) is 5.75 Å². The van der Waals surface area contributed by atoms with Crippen molar-refractivity contribution in [3.05, 3.63) is 192 Å². The molecule has 7 aromatic carbocycles. The highest BCUT2D eigenvalue weighted by atomic mass is 16.5. The molecule has 4 heteroatoms. The molecule has 12 rings (SSSR count). The molecule has 0 saturated carbocycles. The number of aryl methyl sites for hydroxylation is 1. The zero-order chi connectivity index (χ0) is 42.3. The molecule has 294 valence electrons. The molecular formula is C57H47N3O+2. The molecule has 0 radical (unpaired) electrons. The molecule has 0 amide bonds. The zero-order valence-electron chi connectivity index (χ0n) is 36.4. The fraction of sp³-hybridized carbons (Fsp3) is 0.158. The van der Waals surface area contributed by atoms with Gasteiger partial charge >= 0.3 is 11.7 Å². The van der Waals surface area contributed by atoms with E-state index in [1.54, 1.807) is 0 Å². The second kappa shape index (κ2) is 12.7. The molecule has 1 unspecified atom stereocenters. The van der Waals surface area contributed by atoms with Crippen LogP contribution in [0.2, 0.25) is 0 Å². The lowest BCUT2D eigenvalue weighted by Gasteiger charge is -2.32. The van der Waals surface area contributed by atoms with Gasteiger partial charge in [0.2, 0.25) is 5.69 Å². The van der Waals surface area contributed by atoms with Gasteiger partial charge in [-0.05, 0) is 106 Å². The van der Waals surface area contributed by atoms with Crippen LogP contribution in [-0.2, 0) is 11.3 Å². The topological polar surface area (TPSA) is 21.9 Å². The average Bonchev–Trinajstić information content (AvgIpc) is 3.77. The average molecular weight is 791 g/mol. The summed E-state index contributed by atoms with van der Waals surface area (Å²) in [6.07, 6.45) is 2.23. The zero-order valence-corrected chi connectivity index (χ0v) is 35.4. The van der Waals surface area contributed by atoms with Gasteiger partial charge in [-0.2, -0.15) is 4.57 Å². The summed E-state index contributed by atoms with van der Waals surface area (Å²) in [5.74, 6) is 0.180. The van der Waals surface area contributed by atoms with Gasteiger partial charge in [-0.3, -0.25) is 0 Å². The highest BCUT2D eigenvalue weighted by molar-refractivity contribution is 5.99. The summed E-state index contributed by atoms with van der Waals surface area (Å²) in [4.78, 5) is 0. The van der Waals surface area contributed by atoms with Crippen LogP contribution in [0.3, 0.4) is 0 Å². The molecule has 9 aromatic rings. The van der Waals surface area contributed by atoms with E-state index in [1.807, 2.05) is 13.8 Å². The molecule has 4 nitrogen and oxygen atoms in total. The molecule has 0 bridgehead atoms. The van der Waals surface area contributed by atoms with Crippen LogP contribution in [0.15, 0.2) is 170 Å². The lowest BCUT2D eigenvalue weighted by Crippen LogP contribution is -2.78. The van der Waals surface area contributed by atoms with Crippen LogP contribution in [0.1, 0.15) is 64.1 Å². The molecule has 0 fully saturated rings. The number of nitrogens with zero attached hydrogens (tertiary/aromatic N) is 3. The first-order chi connectivity index (χ1) is 29.9. The van der Waals surface area contributed by atoms with Gasteiger partial charge in [-0.1, -0.05) is 143 Å². The summed E-state index contributed by atoms with van der Waals surface area (Å²) < 4.78 is 23.7. The summed E-state index contributed by atoms with van der Waals surface area (Å²) >= 11 is 0. The molecule has 3 aliphatic heterocycles. The Kier molecular flexibility index (Phi) is 7.26. The maximum absolute atomic E-state index is 8.64. The molecule has 5 heterocycles. The number of aromatic nitrogens is 3. The molecule has 3 aliphatic rings. The van der Waals surface area contributed by atoms with Crippen LogP contribution in [0.25, 0.3) is 83.9 Å². The fourth-order valence-corrected chi connectivity index (χ4v) is 10.2. The smallest absolute Gasteiger partial charge is 0.392 e. The normalized spacial score (nSPS) is 15.8. The van der Waals surface area contributed by atoms with Crippen molar-refractivity contribution in [2.45, 2.75) is 58.7 Å². The maximum Gasteiger partial charge on any atom is 0.499 e.